The predicted octanol–water partition coefficient (Wildman–Crippen LogP) is 2.09. The number of aliphatic hydroxyl groups is 1. The van der Waals surface area contributed by atoms with E-state index < -0.39 is 12.1 Å². The zero-order chi connectivity index (χ0) is 18.0. The molecule has 132 valence electrons. The zero-order valence-corrected chi connectivity index (χ0v) is 14.6. The number of nitrogens with one attached hydrogen (secondary N) is 2. The summed E-state index contributed by atoms with van der Waals surface area (Å²) < 4.78 is 0. The SMILES string of the molecule is CCC(NC(=O)c1cc2cc(Cl)ccc2[nH]1)C(O)C(=O)N1CC=CC1. The van der Waals surface area contributed by atoms with Crippen molar-refractivity contribution in [3.63, 3.8) is 0 Å². The van der Waals surface area contributed by atoms with Crippen LogP contribution in [0, 0.1) is 0 Å². The highest BCUT2D eigenvalue weighted by molar-refractivity contribution is 6.31. The molecule has 3 rings (SSSR count). The second-order valence-electron chi connectivity index (χ2n) is 6.06. The highest BCUT2D eigenvalue weighted by atomic mass is 35.5. The molecule has 2 amide bonds. The molecule has 7 heteroatoms. The number of benzene rings is 1. The molecule has 2 heterocycles. The van der Waals surface area contributed by atoms with Gasteiger partial charge in [0.2, 0.25) is 0 Å². The number of fused-ring (bicyclic) bond motifs is 1. The normalized spacial score (nSPS) is 16.2. The molecule has 0 saturated carbocycles. The second kappa shape index (κ2) is 7.29. The number of aliphatic hydroxyl groups excluding tert-OH is 1. The maximum Gasteiger partial charge on any atom is 0.268 e. The van der Waals surface area contributed by atoms with Crippen LogP contribution in [0.4, 0.5) is 0 Å². The lowest BCUT2D eigenvalue weighted by molar-refractivity contribution is -0.140. The molecule has 6 nitrogen and oxygen atoms in total. The van der Waals surface area contributed by atoms with Crippen LogP contribution in [0.5, 0.6) is 0 Å². The van der Waals surface area contributed by atoms with Crippen molar-refractivity contribution in [2.75, 3.05) is 13.1 Å². The van der Waals surface area contributed by atoms with Gasteiger partial charge in [-0.3, -0.25) is 9.59 Å². The van der Waals surface area contributed by atoms with Crippen LogP contribution in [0.1, 0.15) is 23.8 Å². The van der Waals surface area contributed by atoms with Gasteiger partial charge in [-0.15, -0.1) is 0 Å². The van der Waals surface area contributed by atoms with Gasteiger partial charge in [0, 0.05) is 29.0 Å². The van der Waals surface area contributed by atoms with Crippen LogP contribution in [0.3, 0.4) is 0 Å². The van der Waals surface area contributed by atoms with Crippen molar-refractivity contribution in [1.82, 2.24) is 15.2 Å². The topological polar surface area (TPSA) is 85.4 Å². The van der Waals surface area contributed by atoms with E-state index in [-0.39, 0.29) is 11.8 Å². The summed E-state index contributed by atoms with van der Waals surface area (Å²) in [5, 5.41) is 14.5. The van der Waals surface area contributed by atoms with Crippen LogP contribution in [0.2, 0.25) is 5.02 Å². The third-order valence-corrected chi connectivity index (χ3v) is 4.58. The molecule has 0 radical (unpaired) electrons. The van der Waals surface area contributed by atoms with Gasteiger partial charge in [-0.05, 0) is 30.7 Å². The molecule has 0 aliphatic carbocycles. The van der Waals surface area contributed by atoms with Gasteiger partial charge in [-0.2, -0.15) is 0 Å². The molecule has 0 saturated heterocycles. The number of amides is 2. The molecule has 1 aromatic heterocycles. The number of H-pyrrole nitrogens is 1. The van der Waals surface area contributed by atoms with Gasteiger partial charge in [-0.25, -0.2) is 0 Å². The van der Waals surface area contributed by atoms with Crippen LogP contribution in [0.25, 0.3) is 10.9 Å². The minimum Gasteiger partial charge on any atom is -0.381 e. The lowest BCUT2D eigenvalue weighted by Crippen LogP contribution is -2.51. The number of carbonyl (C=O) groups excluding carboxylic acids is 2. The highest BCUT2D eigenvalue weighted by Gasteiger charge is 2.30. The average molecular weight is 362 g/mol. The predicted molar refractivity (Wildman–Crippen MR) is 96.6 cm³/mol. The van der Waals surface area contributed by atoms with Crippen molar-refractivity contribution in [3.05, 3.63) is 47.1 Å². The highest BCUT2D eigenvalue weighted by Crippen LogP contribution is 2.20. The van der Waals surface area contributed by atoms with Crippen molar-refractivity contribution < 1.29 is 14.7 Å². The van der Waals surface area contributed by atoms with Crippen molar-refractivity contribution in [3.8, 4) is 0 Å². The largest absolute Gasteiger partial charge is 0.381 e. The third-order valence-electron chi connectivity index (χ3n) is 4.35. The maximum atomic E-state index is 12.5. The smallest absolute Gasteiger partial charge is 0.268 e. The van der Waals surface area contributed by atoms with E-state index in [2.05, 4.69) is 10.3 Å². The lowest BCUT2D eigenvalue weighted by Gasteiger charge is -2.26. The molecule has 2 atom stereocenters. The summed E-state index contributed by atoms with van der Waals surface area (Å²) in [6, 6.07) is 6.34. The Labute approximate surface area is 150 Å². The fourth-order valence-electron chi connectivity index (χ4n) is 2.89. The van der Waals surface area contributed by atoms with Crippen LogP contribution in [-0.4, -0.2) is 52.0 Å². The first-order valence-corrected chi connectivity index (χ1v) is 8.58. The molecule has 25 heavy (non-hydrogen) atoms. The Hall–Kier alpha value is -2.31. The molecule has 1 aliphatic heterocycles. The summed E-state index contributed by atoms with van der Waals surface area (Å²) >= 11 is 5.96. The van der Waals surface area contributed by atoms with E-state index in [4.69, 9.17) is 11.6 Å². The van der Waals surface area contributed by atoms with Crippen LogP contribution < -0.4 is 5.32 Å². The molecule has 0 bridgehead atoms. The summed E-state index contributed by atoms with van der Waals surface area (Å²) in [4.78, 5) is 29.4. The first-order chi connectivity index (χ1) is 12.0. The van der Waals surface area contributed by atoms with Crippen LogP contribution in [-0.2, 0) is 4.79 Å². The average Bonchev–Trinajstić information content (AvgIpc) is 3.27. The Morgan fingerprint density at radius 1 is 1.32 bits per heavy atom. The van der Waals surface area contributed by atoms with Gasteiger partial charge in [-0.1, -0.05) is 30.7 Å². The molecule has 0 spiro atoms. The molecule has 2 unspecified atom stereocenters. The standard InChI is InChI=1S/C18H20ClN3O3/c1-2-13(16(23)18(25)22-7-3-4-8-22)21-17(24)15-10-11-9-12(19)5-6-14(11)20-15/h3-6,9-10,13,16,20,23H,2,7-8H2,1H3,(H,21,24). The first kappa shape index (κ1) is 17.5. The van der Waals surface area contributed by atoms with Crippen molar-refractivity contribution in [1.29, 1.82) is 0 Å². The minimum absolute atomic E-state index is 0.359. The van der Waals surface area contributed by atoms with Gasteiger partial charge in [0.05, 0.1) is 6.04 Å². The van der Waals surface area contributed by atoms with Gasteiger partial charge in [0.15, 0.2) is 6.10 Å². The number of hydrogen-bond acceptors (Lipinski definition) is 3. The number of aromatic amines is 1. The number of aromatic nitrogens is 1. The third kappa shape index (κ3) is 3.70. The molecule has 1 aromatic carbocycles. The molecule has 0 fully saturated rings. The lowest BCUT2D eigenvalue weighted by atomic mass is 10.1. The Kier molecular flexibility index (Phi) is 5.11. The van der Waals surface area contributed by atoms with E-state index in [1.807, 2.05) is 19.1 Å². The fourth-order valence-corrected chi connectivity index (χ4v) is 3.07. The van der Waals surface area contributed by atoms with E-state index >= 15 is 0 Å². The Balaban J connectivity index is 1.71. The van der Waals surface area contributed by atoms with Gasteiger partial charge in [0.1, 0.15) is 5.69 Å². The summed E-state index contributed by atoms with van der Waals surface area (Å²) in [6.07, 6.45) is 2.92. The Bertz CT molecular complexity index is 822. The summed E-state index contributed by atoms with van der Waals surface area (Å²) in [5.74, 6) is -0.744. The van der Waals surface area contributed by atoms with Gasteiger partial charge < -0.3 is 20.3 Å². The Morgan fingerprint density at radius 2 is 2.04 bits per heavy atom. The quantitative estimate of drug-likeness (QED) is 0.713. The minimum atomic E-state index is -1.27. The van der Waals surface area contributed by atoms with E-state index in [9.17, 15) is 14.7 Å². The monoisotopic (exact) mass is 361 g/mol. The van der Waals surface area contributed by atoms with E-state index in [1.165, 1.54) is 0 Å². The maximum absolute atomic E-state index is 12.5. The van der Waals surface area contributed by atoms with E-state index in [0.717, 1.165) is 10.9 Å². The first-order valence-electron chi connectivity index (χ1n) is 8.20. The van der Waals surface area contributed by atoms with Crippen LogP contribution in [0.15, 0.2) is 36.4 Å². The number of rotatable bonds is 5. The molecule has 3 N–H and O–H groups in total. The molecular formula is C18H20ClN3O3. The number of nitrogens with zero attached hydrogens (tertiary/aromatic N) is 1. The van der Waals surface area contributed by atoms with E-state index in [1.54, 1.807) is 29.2 Å². The summed E-state index contributed by atoms with van der Waals surface area (Å²) in [7, 11) is 0. The van der Waals surface area contributed by atoms with E-state index in [0.29, 0.717) is 30.2 Å². The summed E-state index contributed by atoms with van der Waals surface area (Å²) in [5.41, 5.74) is 1.15. The Morgan fingerprint density at radius 3 is 2.72 bits per heavy atom. The second-order valence-corrected chi connectivity index (χ2v) is 6.50. The van der Waals surface area contributed by atoms with Crippen LogP contribution >= 0.6 is 11.6 Å². The van der Waals surface area contributed by atoms with Crippen molar-refractivity contribution >= 4 is 34.3 Å². The molecule has 2 aromatic rings. The fraction of sp³-hybridized carbons (Fsp3) is 0.333. The van der Waals surface area contributed by atoms with Gasteiger partial charge in [0.25, 0.3) is 11.8 Å². The number of halogens is 1. The molecular weight excluding hydrogens is 342 g/mol. The van der Waals surface area contributed by atoms with Crippen molar-refractivity contribution in [2.24, 2.45) is 0 Å². The number of hydrogen-bond donors (Lipinski definition) is 3. The van der Waals surface area contributed by atoms with Gasteiger partial charge >= 0.3 is 0 Å². The number of carbonyl (C=O) groups is 2. The summed E-state index contributed by atoms with van der Waals surface area (Å²) in [6.45, 7) is 2.79. The molecule has 1 aliphatic rings. The zero-order valence-electron chi connectivity index (χ0n) is 13.8. The van der Waals surface area contributed by atoms with Crippen molar-refractivity contribution in [2.45, 2.75) is 25.5 Å².